The highest BCUT2D eigenvalue weighted by molar-refractivity contribution is 5.89. The zero-order valence-corrected chi connectivity index (χ0v) is 9.00. The number of esters is 1. The summed E-state index contributed by atoms with van der Waals surface area (Å²) in [6, 6.07) is 9.33. The first kappa shape index (κ1) is 8.80. The predicted octanol–water partition coefficient (Wildman–Crippen LogP) is 2.50. The molecule has 4 aliphatic carbocycles. The number of hydrogen-bond donors (Lipinski definition) is 0. The van der Waals surface area contributed by atoms with Crippen molar-refractivity contribution in [1.82, 2.24) is 0 Å². The minimum Gasteiger partial charge on any atom is -0.458 e. The lowest BCUT2D eigenvalue weighted by molar-refractivity contribution is 0.0207. The molecule has 3 unspecified atom stereocenters. The van der Waals surface area contributed by atoms with Gasteiger partial charge in [0.1, 0.15) is 6.10 Å². The second kappa shape index (κ2) is 2.88. The molecule has 0 radical (unpaired) electrons. The molecule has 2 heteroatoms. The number of benzene rings is 1. The van der Waals surface area contributed by atoms with Crippen LogP contribution < -0.4 is 0 Å². The molecule has 4 saturated carbocycles. The van der Waals surface area contributed by atoms with Crippen LogP contribution in [0.1, 0.15) is 23.2 Å². The zero-order chi connectivity index (χ0) is 10.7. The second-order valence-corrected chi connectivity index (χ2v) is 5.37. The molecule has 1 aromatic rings. The van der Waals surface area contributed by atoms with Gasteiger partial charge in [0, 0.05) is 5.92 Å². The summed E-state index contributed by atoms with van der Waals surface area (Å²) in [6.07, 6.45) is 2.85. The molecule has 82 valence electrons. The van der Waals surface area contributed by atoms with Crippen LogP contribution in [0.5, 0.6) is 0 Å². The van der Waals surface area contributed by atoms with Crippen molar-refractivity contribution in [2.75, 3.05) is 0 Å². The van der Waals surface area contributed by atoms with Crippen LogP contribution in [-0.2, 0) is 4.74 Å². The van der Waals surface area contributed by atoms with E-state index in [0.717, 1.165) is 17.8 Å². The molecule has 0 N–H and O–H groups in total. The van der Waals surface area contributed by atoms with Gasteiger partial charge in [-0.15, -0.1) is 0 Å². The van der Waals surface area contributed by atoms with Gasteiger partial charge in [-0.3, -0.25) is 0 Å². The fraction of sp³-hybridized carbons (Fsp3) is 0.500. The number of ether oxygens (including phenoxy) is 1. The third-order valence-electron chi connectivity index (χ3n) is 4.64. The molecule has 0 aliphatic heterocycles. The van der Waals surface area contributed by atoms with Crippen LogP contribution in [0, 0.1) is 23.7 Å². The van der Waals surface area contributed by atoms with Crippen LogP contribution in [0.25, 0.3) is 0 Å². The van der Waals surface area contributed by atoms with E-state index in [1.54, 1.807) is 0 Å². The standard InChI is InChI=1S/C14H14O2/c15-14(8-4-2-1-3-5-8)16-13-9-6-10-11(7-9)12(10)13/h1-5,9-13H,6-7H2. The third-order valence-corrected chi connectivity index (χ3v) is 4.64. The van der Waals surface area contributed by atoms with Gasteiger partial charge in [-0.2, -0.15) is 0 Å². The summed E-state index contributed by atoms with van der Waals surface area (Å²) in [4.78, 5) is 11.9. The van der Waals surface area contributed by atoms with E-state index in [2.05, 4.69) is 0 Å². The Hall–Kier alpha value is -1.31. The Morgan fingerprint density at radius 1 is 1.12 bits per heavy atom. The van der Waals surface area contributed by atoms with Crippen molar-refractivity contribution in [2.24, 2.45) is 23.7 Å². The van der Waals surface area contributed by atoms with Crippen LogP contribution in [0.3, 0.4) is 0 Å². The molecule has 4 fully saturated rings. The van der Waals surface area contributed by atoms with Crippen LogP contribution >= 0.6 is 0 Å². The van der Waals surface area contributed by atoms with Crippen molar-refractivity contribution in [3.05, 3.63) is 35.9 Å². The molecule has 0 amide bonds. The van der Waals surface area contributed by atoms with Gasteiger partial charge in [0.05, 0.1) is 5.56 Å². The van der Waals surface area contributed by atoms with Gasteiger partial charge in [0.15, 0.2) is 0 Å². The molecule has 0 aromatic heterocycles. The Morgan fingerprint density at radius 3 is 2.38 bits per heavy atom. The predicted molar refractivity (Wildman–Crippen MR) is 58.8 cm³/mol. The van der Waals surface area contributed by atoms with Crippen molar-refractivity contribution < 1.29 is 9.53 Å². The van der Waals surface area contributed by atoms with Crippen LogP contribution in [0.4, 0.5) is 0 Å². The zero-order valence-electron chi connectivity index (χ0n) is 9.00. The summed E-state index contributed by atoms with van der Waals surface area (Å²) in [5, 5.41) is 0. The lowest BCUT2D eigenvalue weighted by atomic mass is 10.1. The summed E-state index contributed by atoms with van der Waals surface area (Å²) in [6.45, 7) is 0. The van der Waals surface area contributed by atoms with Crippen LogP contribution in [-0.4, -0.2) is 12.1 Å². The van der Waals surface area contributed by atoms with Crippen LogP contribution in [0.2, 0.25) is 0 Å². The minimum absolute atomic E-state index is 0.135. The summed E-state index contributed by atoms with van der Waals surface area (Å²) in [5.41, 5.74) is 0.684. The lowest BCUT2D eigenvalue weighted by Crippen LogP contribution is -2.21. The second-order valence-electron chi connectivity index (χ2n) is 5.37. The Bertz CT molecular complexity index is 425. The number of rotatable bonds is 2. The maximum absolute atomic E-state index is 11.9. The van der Waals surface area contributed by atoms with Crippen molar-refractivity contribution >= 4 is 5.97 Å². The molecule has 0 heterocycles. The maximum atomic E-state index is 11.9. The SMILES string of the molecule is O=C(OC1C2CC3C(C2)C31)c1ccccc1. The van der Waals surface area contributed by atoms with E-state index in [1.165, 1.54) is 12.8 Å². The molecule has 0 spiro atoms. The molecule has 4 aliphatic rings. The molecule has 3 atom stereocenters. The monoisotopic (exact) mass is 214 g/mol. The van der Waals surface area contributed by atoms with Crippen LogP contribution in [0.15, 0.2) is 30.3 Å². The average molecular weight is 214 g/mol. The van der Waals surface area contributed by atoms with Gasteiger partial charge in [-0.1, -0.05) is 18.2 Å². The van der Waals surface area contributed by atoms with Crippen molar-refractivity contribution in [2.45, 2.75) is 18.9 Å². The van der Waals surface area contributed by atoms with Crippen molar-refractivity contribution in [3.63, 3.8) is 0 Å². The average Bonchev–Trinajstić information content (AvgIpc) is 2.72. The smallest absolute Gasteiger partial charge is 0.338 e. The van der Waals surface area contributed by atoms with Crippen molar-refractivity contribution in [3.8, 4) is 0 Å². The van der Waals surface area contributed by atoms with Gasteiger partial charge in [0.25, 0.3) is 0 Å². The lowest BCUT2D eigenvalue weighted by Gasteiger charge is -2.15. The Kier molecular flexibility index (Phi) is 1.58. The van der Waals surface area contributed by atoms with E-state index in [0.29, 0.717) is 11.5 Å². The first-order valence-corrected chi connectivity index (χ1v) is 6.10. The molecule has 5 rings (SSSR count). The summed E-state index contributed by atoms with van der Waals surface area (Å²) < 4.78 is 5.67. The third kappa shape index (κ3) is 1.05. The molecule has 2 nitrogen and oxygen atoms in total. The normalized spacial score (nSPS) is 42.1. The Balaban J connectivity index is 1.51. The molecular weight excluding hydrogens is 200 g/mol. The van der Waals surface area contributed by atoms with E-state index in [9.17, 15) is 4.79 Å². The van der Waals surface area contributed by atoms with E-state index in [4.69, 9.17) is 4.74 Å². The van der Waals surface area contributed by atoms with Gasteiger partial charge >= 0.3 is 5.97 Å². The van der Waals surface area contributed by atoms with Gasteiger partial charge < -0.3 is 4.74 Å². The minimum atomic E-state index is -0.135. The highest BCUT2D eigenvalue weighted by atomic mass is 16.5. The van der Waals surface area contributed by atoms with E-state index in [-0.39, 0.29) is 12.1 Å². The summed E-state index contributed by atoms with van der Waals surface area (Å²) >= 11 is 0. The maximum Gasteiger partial charge on any atom is 0.338 e. The van der Waals surface area contributed by atoms with Crippen molar-refractivity contribution in [1.29, 1.82) is 0 Å². The molecule has 4 bridgehead atoms. The number of carbonyl (C=O) groups is 1. The van der Waals surface area contributed by atoms with Gasteiger partial charge in [-0.25, -0.2) is 4.79 Å². The summed E-state index contributed by atoms with van der Waals surface area (Å²) in [5.74, 6) is 3.06. The number of carbonyl (C=O) groups excluding carboxylic acids is 1. The Labute approximate surface area is 94.6 Å². The quantitative estimate of drug-likeness (QED) is 0.707. The molecule has 16 heavy (non-hydrogen) atoms. The van der Waals surface area contributed by atoms with E-state index in [1.807, 2.05) is 30.3 Å². The first-order valence-electron chi connectivity index (χ1n) is 6.10. The molecule has 0 saturated heterocycles. The molecule has 1 aromatic carbocycles. The Morgan fingerprint density at radius 2 is 1.81 bits per heavy atom. The van der Waals surface area contributed by atoms with E-state index < -0.39 is 0 Å². The fourth-order valence-electron chi connectivity index (χ4n) is 3.94. The van der Waals surface area contributed by atoms with Gasteiger partial charge in [0.2, 0.25) is 0 Å². The number of hydrogen-bond acceptors (Lipinski definition) is 2. The summed E-state index contributed by atoms with van der Waals surface area (Å²) in [7, 11) is 0. The first-order chi connectivity index (χ1) is 7.84. The highest BCUT2D eigenvalue weighted by Gasteiger charge is 2.70. The largest absolute Gasteiger partial charge is 0.458 e. The van der Waals surface area contributed by atoms with Gasteiger partial charge in [-0.05, 0) is 42.7 Å². The topological polar surface area (TPSA) is 26.3 Å². The molecular formula is C14H14O2. The highest BCUT2D eigenvalue weighted by Crippen LogP contribution is 2.71. The van der Waals surface area contributed by atoms with E-state index >= 15 is 0 Å². The fourth-order valence-corrected chi connectivity index (χ4v) is 3.94.